The van der Waals surface area contributed by atoms with E-state index in [9.17, 15) is 14.4 Å². The number of hydrogen-bond donors (Lipinski definition) is 1. The van der Waals surface area contributed by atoms with E-state index in [1.165, 1.54) is 25.1 Å². The number of esters is 1. The highest BCUT2D eigenvalue weighted by atomic mass is 35.5. The van der Waals surface area contributed by atoms with E-state index in [0.717, 1.165) is 5.56 Å². The number of ketones is 1. The molecule has 0 heterocycles. The van der Waals surface area contributed by atoms with Crippen LogP contribution in [0.3, 0.4) is 0 Å². The topological polar surface area (TPSA) is 72.5 Å². The van der Waals surface area contributed by atoms with Gasteiger partial charge in [0, 0.05) is 5.02 Å². The van der Waals surface area contributed by atoms with Crippen molar-refractivity contribution in [1.29, 1.82) is 0 Å². The molecule has 0 aromatic heterocycles. The molecular formula is C19H17Cl2NO4. The van der Waals surface area contributed by atoms with Crippen LogP contribution < -0.4 is 5.32 Å². The summed E-state index contributed by atoms with van der Waals surface area (Å²) in [5, 5.41) is 3.07. The highest BCUT2D eigenvalue weighted by molar-refractivity contribution is 6.35. The summed E-state index contributed by atoms with van der Waals surface area (Å²) in [6, 6.07) is 13.0. The maximum atomic E-state index is 12.0. The predicted octanol–water partition coefficient (Wildman–Crippen LogP) is 3.47. The van der Waals surface area contributed by atoms with Crippen molar-refractivity contribution in [1.82, 2.24) is 5.32 Å². The Kier molecular flexibility index (Phi) is 7.18. The van der Waals surface area contributed by atoms with Crippen LogP contribution in [0.5, 0.6) is 0 Å². The Labute approximate surface area is 161 Å². The molecule has 1 N–H and O–H groups in total. The average molecular weight is 394 g/mol. The van der Waals surface area contributed by atoms with Crippen LogP contribution in [0.2, 0.25) is 10.0 Å². The summed E-state index contributed by atoms with van der Waals surface area (Å²) in [5.74, 6) is -1.53. The van der Waals surface area contributed by atoms with Crippen LogP contribution in [0.25, 0.3) is 0 Å². The van der Waals surface area contributed by atoms with Gasteiger partial charge in [0.1, 0.15) is 0 Å². The molecule has 2 aromatic carbocycles. The summed E-state index contributed by atoms with van der Waals surface area (Å²) in [7, 11) is 0. The number of hydrogen-bond acceptors (Lipinski definition) is 4. The van der Waals surface area contributed by atoms with Gasteiger partial charge in [-0.15, -0.1) is 0 Å². The highest BCUT2D eigenvalue weighted by Crippen LogP contribution is 2.21. The molecule has 0 saturated carbocycles. The van der Waals surface area contributed by atoms with Crippen LogP contribution >= 0.6 is 23.2 Å². The van der Waals surface area contributed by atoms with E-state index >= 15 is 0 Å². The van der Waals surface area contributed by atoms with E-state index in [1.807, 2.05) is 30.3 Å². The minimum absolute atomic E-state index is 0.0689. The quantitative estimate of drug-likeness (QED) is 0.730. The maximum Gasteiger partial charge on any atom is 0.340 e. The Balaban J connectivity index is 1.92. The van der Waals surface area contributed by atoms with Crippen LogP contribution in [-0.2, 0) is 20.7 Å². The Morgan fingerprint density at radius 3 is 2.42 bits per heavy atom. The number of Topliss-reactive ketones (excluding diaryl/α,β-unsaturated/α-hetero) is 1. The van der Waals surface area contributed by atoms with Crippen LogP contribution in [0, 0.1) is 0 Å². The van der Waals surface area contributed by atoms with E-state index in [1.54, 1.807) is 0 Å². The summed E-state index contributed by atoms with van der Waals surface area (Å²) in [6.07, 6.45) is 0.357. The monoisotopic (exact) mass is 393 g/mol. The van der Waals surface area contributed by atoms with Crippen LogP contribution in [0.15, 0.2) is 48.5 Å². The summed E-state index contributed by atoms with van der Waals surface area (Å²) < 4.78 is 4.95. The molecule has 26 heavy (non-hydrogen) atoms. The molecule has 0 aliphatic carbocycles. The minimum Gasteiger partial charge on any atom is -0.452 e. The normalized spacial score (nSPS) is 11.5. The molecule has 2 aromatic rings. The Morgan fingerprint density at radius 1 is 1.08 bits per heavy atom. The van der Waals surface area contributed by atoms with Gasteiger partial charge in [0.05, 0.1) is 16.6 Å². The van der Waals surface area contributed by atoms with Crippen molar-refractivity contribution in [2.45, 2.75) is 19.4 Å². The smallest absolute Gasteiger partial charge is 0.340 e. The van der Waals surface area contributed by atoms with E-state index in [4.69, 9.17) is 27.9 Å². The van der Waals surface area contributed by atoms with Crippen LogP contribution in [0.1, 0.15) is 22.8 Å². The second kappa shape index (κ2) is 9.36. The largest absolute Gasteiger partial charge is 0.452 e. The third-order valence-electron chi connectivity index (χ3n) is 3.59. The number of ether oxygens (including phenoxy) is 1. The lowest BCUT2D eigenvalue weighted by molar-refractivity contribution is -0.128. The zero-order chi connectivity index (χ0) is 19.1. The van der Waals surface area contributed by atoms with Crippen molar-refractivity contribution in [3.8, 4) is 0 Å². The third-order valence-corrected chi connectivity index (χ3v) is 4.16. The number of halogens is 2. The molecule has 0 aliphatic heterocycles. The summed E-state index contributed by atoms with van der Waals surface area (Å²) in [5.41, 5.74) is 0.982. The third kappa shape index (κ3) is 5.86. The first-order valence-electron chi connectivity index (χ1n) is 7.82. The van der Waals surface area contributed by atoms with Gasteiger partial charge in [-0.3, -0.25) is 9.59 Å². The SMILES string of the molecule is CC(=O)[C@H](Cc1ccccc1)NC(=O)COC(=O)c1cc(Cl)ccc1Cl. The van der Waals surface area contributed by atoms with Gasteiger partial charge < -0.3 is 10.1 Å². The maximum absolute atomic E-state index is 12.0. The molecule has 1 amide bonds. The molecule has 5 nitrogen and oxygen atoms in total. The van der Waals surface area contributed by atoms with Crippen molar-refractivity contribution in [3.63, 3.8) is 0 Å². The van der Waals surface area contributed by atoms with Gasteiger partial charge >= 0.3 is 5.97 Å². The van der Waals surface area contributed by atoms with Gasteiger partial charge in [0.2, 0.25) is 0 Å². The van der Waals surface area contributed by atoms with Crippen molar-refractivity contribution < 1.29 is 19.1 Å². The van der Waals surface area contributed by atoms with Gasteiger partial charge in [-0.2, -0.15) is 0 Å². The molecule has 7 heteroatoms. The summed E-state index contributed by atoms with van der Waals surface area (Å²) in [6.45, 7) is 0.867. The second-order valence-electron chi connectivity index (χ2n) is 5.62. The minimum atomic E-state index is -0.768. The molecule has 0 aliphatic rings. The standard InChI is InChI=1S/C19H17Cl2NO4/c1-12(23)17(9-13-5-3-2-4-6-13)22-18(24)11-26-19(25)15-10-14(20)7-8-16(15)21/h2-8,10,17H,9,11H2,1H3,(H,22,24)/t17-/m0/s1. The zero-order valence-electron chi connectivity index (χ0n) is 14.0. The lowest BCUT2D eigenvalue weighted by Crippen LogP contribution is -2.43. The number of carbonyl (C=O) groups is 3. The second-order valence-corrected chi connectivity index (χ2v) is 6.46. The van der Waals surface area contributed by atoms with Crippen molar-refractivity contribution in [2.24, 2.45) is 0 Å². The fourth-order valence-corrected chi connectivity index (χ4v) is 2.61. The van der Waals surface area contributed by atoms with E-state index in [-0.39, 0.29) is 16.4 Å². The zero-order valence-corrected chi connectivity index (χ0v) is 15.5. The Bertz CT molecular complexity index is 808. The van der Waals surface area contributed by atoms with Gasteiger partial charge in [0.15, 0.2) is 12.4 Å². The molecular weight excluding hydrogens is 377 g/mol. The molecule has 136 valence electrons. The van der Waals surface area contributed by atoms with Gasteiger partial charge in [-0.1, -0.05) is 53.5 Å². The molecule has 0 spiro atoms. The number of carbonyl (C=O) groups excluding carboxylic acids is 3. The molecule has 0 unspecified atom stereocenters. The molecule has 0 saturated heterocycles. The van der Waals surface area contributed by atoms with Crippen molar-refractivity contribution in [2.75, 3.05) is 6.61 Å². The van der Waals surface area contributed by atoms with E-state index in [0.29, 0.717) is 11.4 Å². The summed E-state index contributed by atoms with van der Waals surface area (Å²) >= 11 is 11.7. The number of nitrogens with one attached hydrogen (secondary N) is 1. The van der Waals surface area contributed by atoms with E-state index in [2.05, 4.69) is 5.32 Å². The van der Waals surface area contributed by atoms with Crippen molar-refractivity contribution >= 4 is 40.9 Å². The van der Waals surface area contributed by atoms with Gasteiger partial charge in [-0.05, 0) is 37.1 Å². The van der Waals surface area contributed by atoms with Crippen molar-refractivity contribution in [3.05, 3.63) is 69.7 Å². The fourth-order valence-electron chi connectivity index (χ4n) is 2.24. The first kappa shape index (κ1) is 19.9. The molecule has 0 fully saturated rings. The molecule has 0 bridgehead atoms. The lowest BCUT2D eigenvalue weighted by atomic mass is 10.0. The molecule has 2 rings (SSSR count). The first-order chi connectivity index (χ1) is 12.4. The van der Waals surface area contributed by atoms with Crippen LogP contribution in [0.4, 0.5) is 0 Å². The number of rotatable bonds is 7. The first-order valence-corrected chi connectivity index (χ1v) is 8.58. The lowest BCUT2D eigenvalue weighted by Gasteiger charge is -2.16. The van der Waals surface area contributed by atoms with Gasteiger partial charge in [0.25, 0.3) is 5.91 Å². The Morgan fingerprint density at radius 2 is 1.77 bits per heavy atom. The van der Waals surface area contributed by atoms with E-state index < -0.39 is 24.5 Å². The Hall–Kier alpha value is -2.37. The molecule has 0 radical (unpaired) electrons. The highest BCUT2D eigenvalue weighted by Gasteiger charge is 2.19. The summed E-state index contributed by atoms with van der Waals surface area (Å²) in [4.78, 5) is 35.8. The fraction of sp³-hybridized carbons (Fsp3) is 0.211. The predicted molar refractivity (Wildman–Crippen MR) is 99.5 cm³/mol. The van der Waals surface area contributed by atoms with Crippen LogP contribution in [-0.4, -0.2) is 30.3 Å². The number of benzene rings is 2. The van der Waals surface area contributed by atoms with Gasteiger partial charge in [-0.25, -0.2) is 4.79 Å². The average Bonchev–Trinajstić information content (AvgIpc) is 2.62. The molecule has 1 atom stereocenters. The number of amides is 1.